The van der Waals surface area contributed by atoms with Crippen molar-refractivity contribution < 1.29 is 84.3 Å². The molecule has 0 aromatic heterocycles. The summed E-state index contributed by atoms with van der Waals surface area (Å²) < 4.78 is 28.4. The Balaban J connectivity index is 1.88. The van der Waals surface area contributed by atoms with Crippen molar-refractivity contribution in [3.63, 3.8) is 0 Å². The van der Waals surface area contributed by atoms with Crippen LogP contribution in [0, 0.1) is 17.8 Å². The van der Waals surface area contributed by atoms with Crippen LogP contribution >= 0.6 is 0 Å². The molecule has 3 aliphatic heterocycles. The van der Waals surface area contributed by atoms with E-state index in [1.165, 1.54) is 0 Å². The Hall–Kier alpha value is -3.44. The van der Waals surface area contributed by atoms with Crippen molar-refractivity contribution >= 4 is 11.9 Å². The second-order valence-corrected chi connectivity index (χ2v) is 17.8. The van der Waals surface area contributed by atoms with E-state index in [4.69, 9.17) is 29.4 Å². The summed E-state index contributed by atoms with van der Waals surface area (Å²) in [5, 5.41) is 109. The number of carbonyl (C=O) groups excluding carboxylic acids is 2. The molecule has 0 aromatic rings. The summed E-state index contributed by atoms with van der Waals surface area (Å²) in [6.07, 6.45) is 4.50. The lowest BCUT2D eigenvalue weighted by atomic mass is 9.82. The van der Waals surface area contributed by atoms with Gasteiger partial charge in [0.25, 0.3) is 0 Å². The van der Waals surface area contributed by atoms with E-state index in [9.17, 15) is 60.7 Å². The minimum absolute atomic E-state index is 0.0949. The van der Waals surface area contributed by atoms with Gasteiger partial charge >= 0.3 is 11.9 Å². The molecule has 18 nitrogen and oxygen atoms in total. The molecule has 3 aliphatic rings. The van der Waals surface area contributed by atoms with Gasteiger partial charge in [-0.05, 0) is 33.1 Å². The van der Waals surface area contributed by atoms with Gasteiger partial charge in [0.05, 0.1) is 86.7 Å². The Morgan fingerprint density at radius 1 is 0.667 bits per heavy atom. The molecule has 19 atom stereocenters. The Morgan fingerprint density at radius 3 is 1.83 bits per heavy atom. The smallest absolute Gasteiger partial charge is 0.313 e. The van der Waals surface area contributed by atoms with Gasteiger partial charge in [0.2, 0.25) is 0 Å². The summed E-state index contributed by atoms with van der Waals surface area (Å²) in [6, 6.07) is -1.13. The van der Waals surface area contributed by atoms with Gasteiger partial charge in [-0.15, -0.1) is 0 Å². The van der Waals surface area contributed by atoms with Crippen LogP contribution in [-0.2, 0) is 33.3 Å². The minimum Gasteiger partial charge on any atom is -0.469 e. The molecule has 3 heterocycles. The Labute approximate surface area is 387 Å². The number of hydrogen-bond acceptors (Lipinski definition) is 18. The van der Waals surface area contributed by atoms with Crippen molar-refractivity contribution in [2.75, 3.05) is 7.11 Å². The standard InChI is InChI=1S/C48H75NO17/c1-28-18-16-14-12-10-8-6-7-9-11-13-15-17-19-35(65-47-45(59)42(49)44(58)31(4)64-47)25-39-41(46(60)62-5)38(55)27-48(61,66-39)26-34(52)23-37(54)36(53)21-20-32(50)22-33(51)24-40(56)63-30(3)29(2)43(28)57/h6-19,28-39,41-45,47,50-55,57-59,61H,20-27,49H2,1-5H3/b7-6+,10-8+,11-9+,14-12+,15-13+,18-16+,19-17+/t28-,29-,30-,31+,32+,33+,34-,35-,36+,37+,38-,39-,41+,42-,43+,44+,45-,47-,48+/m0/s1/i4+1,31+1,42+1,44+1,45+1,47+1. The lowest BCUT2D eigenvalue weighted by Crippen LogP contribution is -2.61. The molecular formula is C48H75NO17. The Bertz CT molecular complexity index is 1680. The fraction of sp³-hybridized carbons (Fsp3) is 0.667. The third kappa shape index (κ3) is 18.6. The molecule has 0 radical (unpaired) electrons. The van der Waals surface area contributed by atoms with Crippen LogP contribution in [0.15, 0.2) is 85.1 Å². The molecular weight excluding hydrogens is 868 g/mol. The average molecular weight is 944 g/mol. The van der Waals surface area contributed by atoms with Gasteiger partial charge in [-0.25, -0.2) is 0 Å². The molecule has 2 bridgehead atoms. The molecule has 3 rings (SSSR count). The molecule has 0 amide bonds. The zero-order chi connectivity index (χ0) is 49.1. The summed E-state index contributed by atoms with van der Waals surface area (Å²) in [5.41, 5.74) is 6.05. The number of allylic oxidation sites excluding steroid dienone is 12. The van der Waals surface area contributed by atoms with Crippen LogP contribution in [0.3, 0.4) is 0 Å². The van der Waals surface area contributed by atoms with E-state index in [0.717, 1.165) is 7.11 Å². The molecule has 374 valence electrons. The highest BCUT2D eigenvalue weighted by Crippen LogP contribution is 2.38. The van der Waals surface area contributed by atoms with Gasteiger partial charge in [0.15, 0.2) is 12.1 Å². The number of nitrogens with two attached hydrogens (primary N) is 1. The first-order valence-corrected chi connectivity index (χ1v) is 22.7. The highest BCUT2D eigenvalue weighted by atomic mass is 16.9. The molecule has 12 N–H and O–H groups in total. The van der Waals surface area contributed by atoms with E-state index in [0.29, 0.717) is 0 Å². The predicted octanol–water partition coefficient (Wildman–Crippen LogP) is 0.800. The molecule has 0 aromatic carbocycles. The number of esters is 2. The van der Waals surface area contributed by atoms with Gasteiger partial charge in [-0.3, -0.25) is 9.59 Å². The number of methoxy groups -OCH3 is 1. The van der Waals surface area contributed by atoms with E-state index >= 15 is 0 Å². The average Bonchev–Trinajstić information content (AvgIpc) is 3.24. The van der Waals surface area contributed by atoms with Crippen molar-refractivity contribution in [3.8, 4) is 0 Å². The number of aliphatic hydroxyl groups is 10. The van der Waals surface area contributed by atoms with Gasteiger partial charge in [0.1, 0.15) is 18.1 Å². The number of fused-ring (bicyclic) bond motifs is 2. The molecule has 0 saturated carbocycles. The Morgan fingerprint density at radius 2 is 1.24 bits per heavy atom. The molecule has 0 spiro atoms. The Kier molecular flexibility index (Phi) is 24.3. The first-order valence-electron chi connectivity index (χ1n) is 22.7. The molecule has 2 saturated heterocycles. The van der Waals surface area contributed by atoms with Crippen LogP contribution in [0.2, 0.25) is 0 Å². The molecule has 0 aliphatic carbocycles. The maximum Gasteiger partial charge on any atom is 0.313 e. The van der Waals surface area contributed by atoms with E-state index in [1.807, 2.05) is 37.3 Å². The SMILES string of the molecule is COC(=O)[C@H]1[C@@H]2C[C@@H](O[13C@@H]3O[13C@H]([13CH3])[13C@@H](O)[13C@H](N)[13C@@H]3O)/C=C/C=C/C=C/C=C/C=C/C=C/C=C/[C@H](C)[C@@H](O)[C@@H](C)[C@H](C)OC(=O)C[C@H](O)C[C@H](O)CC[C@@H](O)[C@H](O)C[C@H](O)C[C@](O)(C[C@@H]1O)O2. The van der Waals surface area contributed by atoms with Crippen LogP contribution < -0.4 is 5.73 Å². The third-order valence-corrected chi connectivity index (χ3v) is 12.2. The molecule has 18 heteroatoms. The van der Waals surface area contributed by atoms with Crippen LogP contribution in [0.5, 0.6) is 0 Å². The fourth-order valence-electron chi connectivity index (χ4n) is 8.09. The summed E-state index contributed by atoms with van der Waals surface area (Å²) in [6.45, 7) is 6.78. The number of ether oxygens (including phenoxy) is 5. The fourth-order valence-corrected chi connectivity index (χ4v) is 8.09. The van der Waals surface area contributed by atoms with E-state index in [2.05, 4.69) is 0 Å². The van der Waals surface area contributed by atoms with E-state index < -0.39 is 147 Å². The summed E-state index contributed by atoms with van der Waals surface area (Å²) in [7, 11) is 1.12. The zero-order valence-corrected chi connectivity index (χ0v) is 38.5. The maximum atomic E-state index is 13.1. The van der Waals surface area contributed by atoms with Crippen LogP contribution in [-0.4, -0.2) is 168 Å². The highest BCUT2D eigenvalue weighted by Gasteiger charge is 2.51. The largest absolute Gasteiger partial charge is 0.469 e. The summed E-state index contributed by atoms with van der Waals surface area (Å²) >= 11 is 0. The molecule has 66 heavy (non-hydrogen) atoms. The second-order valence-electron chi connectivity index (χ2n) is 17.8. The van der Waals surface area contributed by atoms with Crippen LogP contribution in [0.4, 0.5) is 0 Å². The quantitative estimate of drug-likeness (QED) is 0.138. The van der Waals surface area contributed by atoms with Gasteiger partial charge in [-0.1, -0.05) is 98.9 Å². The van der Waals surface area contributed by atoms with Gasteiger partial charge in [0, 0.05) is 37.5 Å². The zero-order valence-electron chi connectivity index (χ0n) is 38.5. The van der Waals surface area contributed by atoms with E-state index in [1.54, 1.807) is 75.5 Å². The number of rotatable bonds is 3. The van der Waals surface area contributed by atoms with Crippen LogP contribution in [0.1, 0.15) is 79.1 Å². The lowest BCUT2D eigenvalue weighted by molar-refractivity contribution is -0.308. The first-order chi connectivity index (χ1) is 31.2. The van der Waals surface area contributed by atoms with Gasteiger partial charge in [-0.2, -0.15) is 0 Å². The summed E-state index contributed by atoms with van der Waals surface area (Å²) in [4.78, 5) is 25.7. The van der Waals surface area contributed by atoms with Crippen molar-refractivity contribution in [2.45, 2.75) is 177 Å². The second kappa shape index (κ2) is 28.1. The van der Waals surface area contributed by atoms with Crippen molar-refractivity contribution in [1.29, 1.82) is 0 Å². The first kappa shape index (κ1) is 56.9. The lowest BCUT2D eigenvalue weighted by Gasteiger charge is -2.45. The van der Waals surface area contributed by atoms with E-state index in [-0.39, 0.29) is 31.6 Å². The highest BCUT2D eigenvalue weighted by molar-refractivity contribution is 5.74. The van der Waals surface area contributed by atoms with Crippen molar-refractivity contribution in [1.82, 2.24) is 0 Å². The number of hydrogen-bond donors (Lipinski definition) is 11. The van der Waals surface area contributed by atoms with Crippen LogP contribution in [0.25, 0.3) is 0 Å². The van der Waals surface area contributed by atoms with Crippen molar-refractivity contribution in [2.24, 2.45) is 23.5 Å². The molecule has 0 unspecified atom stereocenters. The summed E-state index contributed by atoms with van der Waals surface area (Å²) in [5.74, 6) is -5.93. The normalized spacial score (nSPS) is 44.9. The molecule has 2 fully saturated rings. The minimum atomic E-state index is -2.27. The monoisotopic (exact) mass is 944 g/mol. The third-order valence-electron chi connectivity index (χ3n) is 12.2. The van der Waals surface area contributed by atoms with Crippen molar-refractivity contribution in [3.05, 3.63) is 85.1 Å². The topological polar surface area (TPSA) is 309 Å². The predicted molar refractivity (Wildman–Crippen MR) is 241 cm³/mol. The maximum absolute atomic E-state index is 13.1. The number of aliphatic hydroxyl groups excluding tert-OH is 9. The number of carbonyl (C=O) groups is 2. The number of cyclic esters (lactones) is 1. The van der Waals surface area contributed by atoms with Gasteiger partial charge < -0.3 is 80.5 Å².